The quantitative estimate of drug-likeness (QED) is 0.758. The largest absolute Gasteiger partial charge is 0.507 e. The number of aromatic nitrogens is 1. The molecule has 0 aliphatic carbocycles. The van der Waals surface area contributed by atoms with Gasteiger partial charge in [0.25, 0.3) is 0 Å². The second-order valence-electron chi connectivity index (χ2n) is 4.05. The van der Waals surface area contributed by atoms with E-state index in [4.69, 9.17) is 0 Å². The van der Waals surface area contributed by atoms with E-state index in [1.165, 1.54) is 0 Å². The number of H-pyrrole nitrogens is 1. The van der Waals surface area contributed by atoms with Crippen molar-refractivity contribution in [3.63, 3.8) is 0 Å². The van der Waals surface area contributed by atoms with E-state index in [-0.39, 0.29) is 5.75 Å². The molecule has 0 saturated heterocycles. The third-order valence-corrected chi connectivity index (χ3v) is 3.69. The van der Waals surface area contributed by atoms with Crippen LogP contribution in [0.4, 0.5) is 0 Å². The number of phenols is 1. The molecule has 0 atom stereocenters. The van der Waals surface area contributed by atoms with E-state index in [0.717, 1.165) is 32.5 Å². The van der Waals surface area contributed by atoms with E-state index >= 15 is 0 Å². The molecule has 3 nitrogen and oxygen atoms in total. The van der Waals surface area contributed by atoms with Crippen molar-refractivity contribution in [2.75, 3.05) is 13.6 Å². The summed E-state index contributed by atoms with van der Waals surface area (Å²) in [5.74, 6) is 0.279. The maximum absolute atomic E-state index is 9.69. The van der Waals surface area contributed by atoms with Crippen molar-refractivity contribution < 1.29 is 5.11 Å². The van der Waals surface area contributed by atoms with Gasteiger partial charge in [-0.25, -0.2) is 0 Å². The number of benzene rings is 1. The van der Waals surface area contributed by atoms with Gasteiger partial charge in [0.15, 0.2) is 0 Å². The average Bonchev–Trinajstić information content (AvgIpc) is 2.61. The number of nitrogens with one attached hydrogen (secondary N) is 1. The van der Waals surface area contributed by atoms with Crippen molar-refractivity contribution >= 4 is 39.1 Å². The second-order valence-corrected chi connectivity index (χ2v) is 4.84. The molecule has 2 heterocycles. The van der Waals surface area contributed by atoms with Gasteiger partial charge in [0.2, 0.25) is 0 Å². The summed E-state index contributed by atoms with van der Waals surface area (Å²) in [4.78, 5) is 5.46. The summed E-state index contributed by atoms with van der Waals surface area (Å²) in [5, 5.41) is 13.0. The average molecular weight is 279 g/mol. The number of halogens is 1. The molecule has 16 heavy (non-hydrogen) atoms. The fraction of sp³-hybridized carbons (Fsp3) is 0.167. The summed E-state index contributed by atoms with van der Waals surface area (Å²) < 4.78 is 0.761. The molecule has 2 aromatic rings. The predicted octanol–water partition coefficient (Wildman–Crippen LogP) is 1.10. The van der Waals surface area contributed by atoms with Gasteiger partial charge in [0.05, 0.1) is 9.82 Å². The third-order valence-electron chi connectivity index (χ3n) is 2.88. The molecule has 0 fully saturated rings. The van der Waals surface area contributed by atoms with Gasteiger partial charge in [0, 0.05) is 35.9 Å². The summed E-state index contributed by atoms with van der Waals surface area (Å²) in [7, 11) is 2.04. The summed E-state index contributed by atoms with van der Waals surface area (Å²) in [6.07, 6.45) is 4.25. The Morgan fingerprint density at radius 3 is 3.06 bits per heavy atom. The number of aromatic hydroxyl groups is 1. The van der Waals surface area contributed by atoms with Gasteiger partial charge < -0.3 is 15.0 Å². The van der Waals surface area contributed by atoms with Gasteiger partial charge in [-0.1, -0.05) is 6.08 Å². The molecule has 0 unspecified atom stereocenters. The Labute approximate surface area is 101 Å². The highest BCUT2D eigenvalue weighted by atomic mass is 79.9. The van der Waals surface area contributed by atoms with Crippen molar-refractivity contribution in [3.05, 3.63) is 27.2 Å². The highest BCUT2D eigenvalue weighted by Crippen LogP contribution is 2.28. The summed E-state index contributed by atoms with van der Waals surface area (Å²) in [6, 6.07) is 3.59. The maximum Gasteiger partial charge on any atom is 0.130 e. The molecule has 1 aliphatic heterocycles. The van der Waals surface area contributed by atoms with E-state index in [1.54, 1.807) is 6.07 Å². The minimum absolute atomic E-state index is 0.279. The van der Waals surface area contributed by atoms with Crippen LogP contribution >= 0.6 is 15.9 Å². The van der Waals surface area contributed by atoms with Gasteiger partial charge in [-0.15, -0.1) is 0 Å². The van der Waals surface area contributed by atoms with Crippen LogP contribution in [-0.4, -0.2) is 28.6 Å². The second kappa shape index (κ2) is 3.28. The third kappa shape index (κ3) is 1.26. The Bertz CT molecular complexity index is 687. The molecule has 2 N–H and O–H groups in total. The molecule has 82 valence electrons. The van der Waals surface area contributed by atoms with Gasteiger partial charge in [-0.2, -0.15) is 0 Å². The van der Waals surface area contributed by atoms with Crippen molar-refractivity contribution in [2.45, 2.75) is 0 Å². The molecule has 3 rings (SSSR count). The van der Waals surface area contributed by atoms with Crippen molar-refractivity contribution in [2.24, 2.45) is 0 Å². The predicted molar refractivity (Wildman–Crippen MR) is 68.5 cm³/mol. The molecule has 0 bridgehead atoms. The SMILES string of the molecule is CN1C=c2[nH]c3ccc(O)c(Br)c3c2=CC1. The Balaban J connectivity index is 2.54. The number of aromatic amines is 1. The summed E-state index contributed by atoms with van der Waals surface area (Å²) >= 11 is 3.44. The Kier molecular flexibility index (Phi) is 2.01. The normalized spacial score (nSPS) is 14.5. The molecule has 1 aromatic heterocycles. The number of nitrogens with zero attached hydrogens (tertiary/aromatic N) is 1. The highest BCUT2D eigenvalue weighted by molar-refractivity contribution is 9.10. The number of hydrogen-bond acceptors (Lipinski definition) is 2. The summed E-state index contributed by atoms with van der Waals surface area (Å²) in [5.41, 5.74) is 1.04. The lowest BCUT2D eigenvalue weighted by atomic mass is 10.2. The summed E-state index contributed by atoms with van der Waals surface area (Å²) in [6.45, 7) is 0.891. The van der Waals surface area contributed by atoms with Gasteiger partial charge in [-0.05, 0) is 28.1 Å². The van der Waals surface area contributed by atoms with Crippen LogP contribution < -0.4 is 10.6 Å². The lowest BCUT2D eigenvalue weighted by Crippen LogP contribution is -2.32. The van der Waals surface area contributed by atoms with Crippen LogP contribution in [0, 0.1) is 0 Å². The Morgan fingerprint density at radius 1 is 1.44 bits per heavy atom. The first kappa shape index (κ1) is 9.78. The monoisotopic (exact) mass is 278 g/mol. The standard InChI is InChI=1S/C12H11BrN2O/c1-15-5-4-7-9(6-15)14-8-2-3-10(16)12(13)11(7)8/h2-4,6,14,16H,5H2,1H3. The van der Waals surface area contributed by atoms with Gasteiger partial charge in [0.1, 0.15) is 5.75 Å². The number of phenolic OH excluding ortho intramolecular Hbond substituents is 1. The van der Waals surface area contributed by atoms with Crippen LogP contribution in [0.25, 0.3) is 23.2 Å². The zero-order chi connectivity index (χ0) is 11.3. The molecular formula is C12H11BrN2O. The van der Waals surface area contributed by atoms with Crippen molar-refractivity contribution in [1.29, 1.82) is 0 Å². The van der Waals surface area contributed by atoms with Crippen LogP contribution in [0.5, 0.6) is 5.75 Å². The topological polar surface area (TPSA) is 39.3 Å². The minimum atomic E-state index is 0.279. The number of hydrogen-bond donors (Lipinski definition) is 2. The maximum atomic E-state index is 9.69. The van der Waals surface area contributed by atoms with Gasteiger partial charge >= 0.3 is 0 Å². The zero-order valence-corrected chi connectivity index (χ0v) is 10.4. The first-order chi connectivity index (χ1) is 7.66. The Morgan fingerprint density at radius 2 is 2.25 bits per heavy atom. The number of rotatable bonds is 0. The van der Waals surface area contributed by atoms with Crippen molar-refractivity contribution in [3.8, 4) is 5.75 Å². The lowest BCUT2D eigenvalue weighted by molar-refractivity contribution is 0.473. The number of fused-ring (bicyclic) bond motifs is 3. The first-order valence-corrected chi connectivity index (χ1v) is 5.87. The molecule has 4 heteroatoms. The van der Waals surface area contributed by atoms with E-state index in [1.807, 2.05) is 13.1 Å². The van der Waals surface area contributed by atoms with E-state index < -0.39 is 0 Å². The van der Waals surface area contributed by atoms with E-state index in [2.05, 4.69) is 38.1 Å². The molecular weight excluding hydrogens is 268 g/mol. The fourth-order valence-corrected chi connectivity index (χ4v) is 2.66. The van der Waals surface area contributed by atoms with E-state index in [9.17, 15) is 5.11 Å². The molecule has 0 radical (unpaired) electrons. The fourth-order valence-electron chi connectivity index (χ4n) is 2.10. The molecule has 1 aromatic carbocycles. The molecule has 0 amide bonds. The molecule has 0 saturated carbocycles. The zero-order valence-electron chi connectivity index (χ0n) is 8.79. The molecule has 0 spiro atoms. The van der Waals surface area contributed by atoms with Gasteiger partial charge in [-0.3, -0.25) is 0 Å². The highest BCUT2D eigenvalue weighted by Gasteiger charge is 2.10. The molecule has 1 aliphatic rings. The van der Waals surface area contributed by atoms with Crippen LogP contribution in [0.15, 0.2) is 16.6 Å². The van der Waals surface area contributed by atoms with E-state index in [0.29, 0.717) is 0 Å². The van der Waals surface area contributed by atoms with Crippen molar-refractivity contribution in [1.82, 2.24) is 9.88 Å². The van der Waals surface area contributed by atoms with Crippen LogP contribution in [0.2, 0.25) is 0 Å². The van der Waals surface area contributed by atoms with Crippen LogP contribution in [0.1, 0.15) is 0 Å². The van der Waals surface area contributed by atoms with Crippen LogP contribution in [0.3, 0.4) is 0 Å². The first-order valence-electron chi connectivity index (χ1n) is 5.08. The smallest absolute Gasteiger partial charge is 0.130 e. The lowest BCUT2D eigenvalue weighted by Gasteiger charge is -2.12. The minimum Gasteiger partial charge on any atom is -0.507 e. The Hall–Kier alpha value is -1.42. The van der Waals surface area contributed by atoms with Crippen LogP contribution in [-0.2, 0) is 0 Å².